The quantitative estimate of drug-likeness (QED) is 0.775. The van der Waals surface area contributed by atoms with Gasteiger partial charge in [-0.25, -0.2) is 0 Å². The van der Waals surface area contributed by atoms with Gasteiger partial charge in [0.25, 0.3) is 10.5 Å². The van der Waals surface area contributed by atoms with Gasteiger partial charge in [0.2, 0.25) is 0 Å². The van der Waals surface area contributed by atoms with Crippen LogP contribution in [-0.2, 0) is 12.8 Å². The van der Waals surface area contributed by atoms with Crippen molar-refractivity contribution in [3.63, 3.8) is 0 Å². The Labute approximate surface area is 127 Å². The molecule has 0 amide bonds. The van der Waals surface area contributed by atoms with Gasteiger partial charge in [0.15, 0.2) is 0 Å². The Balaban J connectivity index is 2.03. The molecule has 2 rings (SSSR count). The minimum Gasteiger partial charge on any atom is -0.276 e. The molecule has 2 nitrogen and oxygen atoms in total. The molecule has 0 atom stereocenters. The van der Waals surface area contributed by atoms with Gasteiger partial charge in [0.1, 0.15) is 0 Å². The van der Waals surface area contributed by atoms with Crippen LogP contribution < -0.4 is 0 Å². The summed E-state index contributed by atoms with van der Waals surface area (Å²) in [5.41, 5.74) is 3.15. The molecule has 0 fully saturated rings. The highest BCUT2D eigenvalue weighted by molar-refractivity contribution is 6.68. The maximum Gasteiger partial charge on any atom is 0.252 e. The fraction of sp³-hybridized carbons (Fsp3) is 0.125. The van der Waals surface area contributed by atoms with Crippen molar-refractivity contribution in [2.24, 2.45) is 0 Å². The summed E-state index contributed by atoms with van der Waals surface area (Å²) in [6.45, 7) is 0. The van der Waals surface area contributed by atoms with Gasteiger partial charge in [-0.2, -0.15) is 0 Å². The lowest BCUT2D eigenvalue weighted by Gasteiger charge is -2.04. The lowest BCUT2D eigenvalue weighted by atomic mass is 10.0. The average Bonchev–Trinajstić information content (AvgIpc) is 2.46. The van der Waals surface area contributed by atoms with E-state index in [0.29, 0.717) is 11.1 Å². The Hall–Kier alpha value is -1.64. The zero-order chi connectivity index (χ0) is 14.5. The number of hydrogen-bond acceptors (Lipinski definition) is 2. The summed E-state index contributed by atoms with van der Waals surface area (Å²) in [5, 5.41) is -0.901. The van der Waals surface area contributed by atoms with E-state index in [4.69, 9.17) is 23.2 Å². The third-order valence-electron chi connectivity index (χ3n) is 3.04. The van der Waals surface area contributed by atoms with Crippen LogP contribution in [0.5, 0.6) is 0 Å². The summed E-state index contributed by atoms with van der Waals surface area (Å²) < 4.78 is 0. The number of halogens is 2. The molecule has 0 saturated heterocycles. The van der Waals surface area contributed by atoms with Gasteiger partial charge >= 0.3 is 0 Å². The second-order valence-electron chi connectivity index (χ2n) is 4.44. The molecule has 0 spiro atoms. The van der Waals surface area contributed by atoms with E-state index in [0.717, 1.165) is 24.0 Å². The van der Waals surface area contributed by atoms with E-state index in [9.17, 15) is 9.59 Å². The smallest absolute Gasteiger partial charge is 0.252 e. The molecule has 0 bridgehead atoms. The lowest BCUT2D eigenvalue weighted by Crippen LogP contribution is -1.95. The molecule has 2 aromatic carbocycles. The summed E-state index contributed by atoms with van der Waals surface area (Å²) in [6.07, 6.45) is 1.61. The van der Waals surface area contributed by atoms with E-state index in [1.165, 1.54) is 0 Å². The van der Waals surface area contributed by atoms with Crippen LogP contribution in [0.1, 0.15) is 31.8 Å². The van der Waals surface area contributed by atoms with E-state index < -0.39 is 10.5 Å². The van der Waals surface area contributed by atoms with E-state index in [-0.39, 0.29) is 0 Å². The summed E-state index contributed by atoms with van der Waals surface area (Å²) in [7, 11) is 0. The molecular weight excluding hydrogens is 295 g/mol. The Morgan fingerprint density at radius 1 is 0.750 bits per heavy atom. The van der Waals surface area contributed by atoms with Gasteiger partial charge in [-0.15, -0.1) is 0 Å². The number of hydrogen-bond donors (Lipinski definition) is 0. The lowest BCUT2D eigenvalue weighted by molar-refractivity contribution is 0.107. The molecule has 4 heteroatoms. The molecule has 0 aliphatic rings. The number of aryl methyl sites for hydroxylation is 2. The third-order valence-corrected chi connectivity index (χ3v) is 3.47. The second kappa shape index (κ2) is 6.69. The Morgan fingerprint density at radius 2 is 1.35 bits per heavy atom. The predicted molar refractivity (Wildman–Crippen MR) is 80.7 cm³/mol. The van der Waals surface area contributed by atoms with Crippen LogP contribution in [0.15, 0.2) is 48.5 Å². The highest BCUT2D eigenvalue weighted by Gasteiger charge is 2.04. The highest BCUT2D eigenvalue weighted by atomic mass is 35.5. The van der Waals surface area contributed by atoms with Gasteiger partial charge in [0.05, 0.1) is 0 Å². The van der Waals surface area contributed by atoms with Crippen molar-refractivity contribution in [1.29, 1.82) is 0 Å². The Bertz CT molecular complexity index is 633. The molecule has 0 aliphatic carbocycles. The van der Waals surface area contributed by atoms with Crippen molar-refractivity contribution < 1.29 is 9.59 Å². The van der Waals surface area contributed by atoms with E-state index in [1.54, 1.807) is 24.3 Å². The molecule has 0 aromatic heterocycles. The van der Waals surface area contributed by atoms with Crippen LogP contribution in [0.3, 0.4) is 0 Å². The molecular formula is C16H12Cl2O2. The molecule has 0 saturated carbocycles. The third kappa shape index (κ3) is 3.92. The van der Waals surface area contributed by atoms with Gasteiger partial charge < -0.3 is 0 Å². The minimum absolute atomic E-state index is 0.447. The van der Waals surface area contributed by atoms with Crippen molar-refractivity contribution in [2.75, 3.05) is 0 Å². The molecule has 0 aliphatic heterocycles. The first-order valence-corrected chi connectivity index (χ1v) is 6.89. The summed E-state index contributed by atoms with van der Waals surface area (Å²) in [6, 6.07) is 14.5. The summed E-state index contributed by atoms with van der Waals surface area (Å²) in [5.74, 6) is 0. The summed E-state index contributed by atoms with van der Waals surface area (Å²) in [4.78, 5) is 22.1. The van der Waals surface area contributed by atoms with Gasteiger partial charge in [-0.05, 0) is 65.4 Å². The number of carbonyl (C=O) groups excluding carboxylic acids is 2. The molecule has 0 N–H and O–H groups in total. The molecule has 2 aromatic rings. The monoisotopic (exact) mass is 306 g/mol. The maximum atomic E-state index is 11.1. The highest BCUT2D eigenvalue weighted by Crippen LogP contribution is 2.13. The molecule has 0 unspecified atom stereocenters. The van der Waals surface area contributed by atoms with Crippen LogP contribution in [0.2, 0.25) is 0 Å². The molecule has 0 radical (unpaired) electrons. The normalized spacial score (nSPS) is 10.3. The van der Waals surface area contributed by atoms with E-state index >= 15 is 0 Å². The van der Waals surface area contributed by atoms with Gasteiger partial charge in [-0.1, -0.05) is 30.3 Å². The van der Waals surface area contributed by atoms with Crippen molar-refractivity contribution >= 4 is 33.7 Å². The molecule has 20 heavy (non-hydrogen) atoms. The van der Waals surface area contributed by atoms with Crippen molar-refractivity contribution in [2.45, 2.75) is 12.8 Å². The van der Waals surface area contributed by atoms with Crippen molar-refractivity contribution in [3.05, 3.63) is 70.8 Å². The topological polar surface area (TPSA) is 34.1 Å². The number of carbonyl (C=O) groups is 2. The van der Waals surface area contributed by atoms with Crippen LogP contribution in [0.25, 0.3) is 0 Å². The van der Waals surface area contributed by atoms with Crippen LogP contribution in [0, 0.1) is 0 Å². The number of rotatable bonds is 5. The zero-order valence-corrected chi connectivity index (χ0v) is 12.1. The van der Waals surface area contributed by atoms with Gasteiger partial charge in [-0.3, -0.25) is 9.59 Å². The largest absolute Gasteiger partial charge is 0.276 e. The minimum atomic E-state index is -0.454. The number of benzene rings is 2. The fourth-order valence-electron chi connectivity index (χ4n) is 1.94. The summed E-state index contributed by atoms with van der Waals surface area (Å²) >= 11 is 10.8. The fourth-order valence-corrected chi connectivity index (χ4v) is 2.18. The molecule has 0 heterocycles. The van der Waals surface area contributed by atoms with Crippen molar-refractivity contribution in [1.82, 2.24) is 0 Å². The van der Waals surface area contributed by atoms with E-state index in [2.05, 4.69) is 0 Å². The average molecular weight is 307 g/mol. The van der Waals surface area contributed by atoms with E-state index in [1.807, 2.05) is 24.3 Å². The second-order valence-corrected chi connectivity index (χ2v) is 5.13. The standard InChI is InChI=1S/C16H12Cl2O2/c17-15(19)13-8-6-11(7-9-13)4-5-12-2-1-3-14(10-12)16(18)20/h1-3,6-10H,4-5H2. The first-order chi connectivity index (χ1) is 9.56. The first-order valence-electron chi connectivity index (χ1n) is 6.14. The maximum absolute atomic E-state index is 11.1. The molecule has 102 valence electrons. The Morgan fingerprint density at radius 3 is 1.95 bits per heavy atom. The van der Waals surface area contributed by atoms with Gasteiger partial charge in [0, 0.05) is 11.1 Å². The van der Waals surface area contributed by atoms with Crippen LogP contribution in [-0.4, -0.2) is 10.5 Å². The zero-order valence-electron chi connectivity index (χ0n) is 10.6. The predicted octanol–water partition coefficient (Wildman–Crippen LogP) is 4.23. The van der Waals surface area contributed by atoms with Crippen LogP contribution in [0.4, 0.5) is 0 Å². The van der Waals surface area contributed by atoms with Crippen molar-refractivity contribution in [3.8, 4) is 0 Å². The Kier molecular flexibility index (Phi) is 4.94. The van der Waals surface area contributed by atoms with Crippen LogP contribution >= 0.6 is 23.2 Å². The SMILES string of the molecule is O=C(Cl)c1ccc(CCc2cccc(C(=O)Cl)c2)cc1. The first kappa shape index (κ1) is 14.8.